The lowest BCUT2D eigenvalue weighted by Gasteiger charge is -2.08. The van der Waals surface area contributed by atoms with Crippen molar-refractivity contribution in [1.29, 1.82) is 0 Å². The zero-order valence-electron chi connectivity index (χ0n) is 12.1. The maximum absolute atomic E-state index is 13.8. The Hall–Kier alpha value is -1.27. The van der Waals surface area contributed by atoms with Gasteiger partial charge in [0.15, 0.2) is 0 Å². The molecule has 0 radical (unpaired) electrons. The zero-order chi connectivity index (χ0) is 14.9. The lowest BCUT2D eigenvalue weighted by atomic mass is 10.1. The molecule has 0 atom stereocenters. The molecule has 0 amide bonds. The molecule has 3 nitrogen and oxygen atoms in total. The van der Waals surface area contributed by atoms with Crippen LogP contribution in [0.5, 0.6) is 0 Å². The van der Waals surface area contributed by atoms with Crippen LogP contribution in [0.1, 0.15) is 5.56 Å². The molecule has 5 heteroatoms. The highest BCUT2D eigenvalue weighted by Crippen LogP contribution is 2.28. The van der Waals surface area contributed by atoms with Crippen LogP contribution in [0.2, 0.25) is 0 Å². The van der Waals surface area contributed by atoms with Crippen LogP contribution in [0.3, 0.4) is 0 Å². The van der Waals surface area contributed by atoms with Crippen LogP contribution < -0.4 is 5.32 Å². The van der Waals surface area contributed by atoms with E-state index in [9.17, 15) is 4.39 Å². The molecule has 0 fully saturated rings. The van der Waals surface area contributed by atoms with Crippen molar-refractivity contribution in [2.75, 3.05) is 33.5 Å². The summed E-state index contributed by atoms with van der Waals surface area (Å²) in [5.74, 6) is -0.177. The van der Waals surface area contributed by atoms with Crippen molar-refractivity contribution >= 4 is 11.3 Å². The summed E-state index contributed by atoms with van der Waals surface area (Å²) in [6.07, 6.45) is 0. The predicted molar refractivity (Wildman–Crippen MR) is 84.1 cm³/mol. The highest BCUT2D eigenvalue weighted by molar-refractivity contribution is 7.13. The van der Waals surface area contributed by atoms with Crippen LogP contribution in [-0.4, -0.2) is 33.5 Å². The quantitative estimate of drug-likeness (QED) is 0.721. The molecule has 21 heavy (non-hydrogen) atoms. The fraction of sp³-hybridized carbons (Fsp3) is 0.375. The summed E-state index contributed by atoms with van der Waals surface area (Å²) in [6, 6.07) is 9.11. The SMILES string of the molecule is COCCOCCNCc1ccc(F)c(-c2cccs2)c1. The minimum Gasteiger partial charge on any atom is -0.382 e. The Morgan fingerprint density at radius 2 is 2.10 bits per heavy atom. The van der Waals surface area contributed by atoms with E-state index in [1.807, 2.05) is 29.6 Å². The van der Waals surface area contributed by atoms with E-state index in [4.69, 9.17) is 9.47 Å². The first kappa shape index (κ1) is 16.1. The Morgan fingerprint density at radius 1 is 1.19 bits per heavy atom. The van der Waals surface area contributed by atoms with Gasteiger partial charge in [0.05, 0.1) is 19.8 Å². The van der Waals surface area contributed by atoms with E-state index in [1.165, 1.54) is 6.07 Å². The molecule has 0 aliphatic carbocycles. The maximum atomic E-state index is 13.8. The third-order valence-corrected chi connectivity index (χ3v) is 3.90. The lowest BCUT2D eigenvalue weighted by Crippen LogP contribution is -2.20. The number of methoxy groups -OCH3 is 1. The minimum absolute atomic E-state index is 0.177. The summed E-state index contributed by atoms with van der Waals surface area (Å²) in [5, 5.41) is 5.24. The number of thiophene rings is 1. The molecule has 0 aliphatic heterocycles. The van der Waals surface area contributed by atoms with Crippen LogP contribution in [0, 0.1) is 5.82 Å². The van der Waals surface area contributed by atoms with Gasteiger partial charge in [-0.25, -0.2) is 4.39 Å². The van der Waals surface area contributed by atoms with Gasteiger partial charge in [-0.1, -0.05) is 12.1 Å². The average Bonchev–Trinajstić information content (AvgIpc) is 3.02. The van der Waals surface area contributed by atoms with Crippen molar-refractivity contribution in [3.63, 3.8) is 0 Å². The van der Waals surface area contributed by atoms with Gasteiger partial charge in [-0.3, -0.25) is 0 Å². The molecule has 1 N–H and O–H groups in total. The molecule has 0 saturated heterocycles. The summed E-state index contributed by atoms with van der Waals surface area (Å²) < 4.78 is 24.1. The Kier molecular flexibility index (Phi) is 6.82. The van der Waals surface area contributed by atoms with Crippen LogP contribution in [0.15, 0.2) is 35.7 Å². The number of nitrogens with one attached hydrogen (secondary N) is 1. The van der Waals surface area contributed by atoms with E-state index in [-0.39, 0.29) is 5.82 Å². The first-order valence-corrected chi connectivity index (χ1v) is 7.79. The normalized spacial score (nSPS) is 11.0. The molecule has 0 bridgehead atoms. The topological polar surface area (TPSA) is 30.5 Å². The Balaban J connectivity index is 1.80. The van der Waals surface area contributed by atoms with E-state index in [0.717, 1.165) is 17.0 Å². The molecule has 114 valence electrons. The molecule has 1 aromatic carbocycles. The Morgan fingerprint density at radius 3 is 2.86 bits per heavy atom. The minimum atomic E-state index is -0.177. The van der Waals surface area contributed by atoms with E-state index >= 15 is 0 Å². The van der Waals surface area contributed by atoms with E-state index in [0.29, 0.717) is 31.9 Å². The molecular formula is C16H20FNO2S. The van der Waals surface area contributed by atoms with Crippen molar-refractivity contribution < 1.29 is 13.9 Å². The molecule has 1 aromatic heterocycles. The highest BCUT2D eigenvalue weighted by Gasteiger charge is 2.07. The van der Waals surface area contributed by atoms with Crippen molar-refractivity contribution in [3.05, 3.63) is 47.1 Å². The average molecular weight is 309 g/mol. The zero-order valence-corrected chi connectivity index (χ0v) is 12.9. The van der Waals surface area contributed by atoms with Gasteiger partial charge in [-0.05, 0) is 29.1 Å². The molecule has 0 spiro atoms. The second-order valence-electron chi connectivity index (χ2n) is 4.57. The fourth-order valence-corrected chi connectivity index (χ4v) is 2.67. The van der Waals surface area contributed by atoms with Crippen LogP contribution in [0.25, 0.3) is 10.4 Å². The van der Waals surface area contributed by atoms with Crippen LogP contribution in [0.4, 0.5) is 4.39 Å². The van der Waals surface area contributed by atoms with Gasteiger partial charge in [-0.2, -0.15) is 0 Å². The van der Waals surface area contributed by atoms with E-state index < -0.39 is 0 Å². The van der Waals surface area contributed by atoms with Crippen molar-refractivity contribution in [1.82, 2.24) is 5.32 Å². The van der Waals surface area contributed by atoms with Crippen molar-refractivity contribution in [3.8, 4) is 10.4 Å². The van der Waals surface area contributed by atoms with Gasteiger partial charge in [0.2, 0.25) is 0 Å². The number of hydrogen-bond acceptors (Lipinski definition) is 4. The number of rotatable bonds is 9. The summed E-state index contributed by atoms with van der Waals surface area (Å²) in [4.78, 5) is 0.956. The first-order chi connectivity index (χ1) is 10.3. The summed E-state index contributed by atoms with van der Waals surface area (Å²) in [5.41, 5.74) is 1.73. The Bertz CT molecular complexity index is 531. The monoisotopic (exact) mass is 309 g/mol. The smallest absolute Gasteiger partial charge is 0.131 e. The number of ether oxygens (including phenoxy) is 2. The summed E-state index contributed by atoms with van der Waals surface area (Å²) >= 11 is 1.55. The van der Waals surface area contributed by atoms with E-state index in [1.54, 1.807) is 18.4 Å². The fourth-order valence-electron chi connectivity index (χ4n) is 1.92. The molecule has 0 aliphatic rings. The molecule has 2 aromatic rings. The third kappa shape index (κ3) is 5.21. The number of halogens is 1. The van der Waals surface area contributed by atoms with Gasteiger partial charge < -0.3 is 14.8 Å². The van der Waals surface area contributed by atoms with Crippen LogP contribution >= 0.6 is 11.3 Å². The molecular weight excluding hydrogens is 289 g/mol. The van der Waals surface area contributed by atoms with E-state index in [2.05, 4.69) is 5.32 Å². The maximum Gasteiger partial charge on any atom is 0.131 e. The Labute approximate surface area is 128 Å². The molecule has 0 saturated carbocycles. The molecule has 1 heterocycles. The first-order valence-electron chi connectivity index (χ1n) is 6.91. The summed E-state index contributed by atoms with van der Waals surface area (Å²) in [6.45, 7) is 3.32. The second-order valence-corrected chi connectivity index (χ2v) is 5.52. The lowest BCUT2D eigenvalue weighted by molar-refractivity contribution is 0.0719. The molecule has 2 rings (SSSR count). The number of benzene rings is 1. The van der Waals surface area contributed by atoms with Gasteiger partial charge in [-0.15, -0.1) is 11.3 Å². The van der Waals surface area contributed by atoms with Crippen molar-refractivity contribution in [2.24, 2.45) is 0 Å². The van der Waals surface area contributed by atoms with Gasteiger partial charge in [0.1, 0.15) is 5.82 Å². The number of hydrogen-bond donors (Lipinski definition) is 1. The van der Waals surface area contributed by atoms with Gasteiger partial charge in [0, 0.05) is 30.6 Å². The van der Waals surface area contributed by atoms with Crippen LogP contribution in [-0.2, 0) is 16.0 Å². The predicted octanol–water partition coefficient (Wildman–Crippen LogP) is 3.31. The standard InChI is InChI=1S/C16H20FNO2S/c1-19-8-9-20-7-6-18-12-13-4-5-15(17)14(11-13)16-3-2-10-21-16/h2-5,10-11,18H,6-9,12H2,1H3. The van der Waals surface area contributed by atoms with Gasteiger partial charge >= 0.3 is 0 Å². The highest BCUT2D eigenvalue weighted by atomic mass is 32.1. The summed E-state index contributed by atoms with van der Waals surface area (Å²) in [7, 11) is 1.65. The second kappa shape index (κ2) is 8.89. The van der Waals surface area contributed by atoms with Crippen molar-refractivity contribution in [2.45, 2.75) is 6.54 Å². The molecule has 0 unspecified atom stereocenters. The van der Waals surface area contributed by atoms with Gasteiger partial charge in [0.25, 0.3) is 0 Å². The largest absolute Gasteiger partial charge is 0.382 e. The third-order valence-electron chi connectivity index (χ3n) is 3.00.